The van der Waals surface area contributed by atoms with Crippen molar-refractivity contribution >= 4 is 32.1 Å². The second kappa shape index (κ2) is 7.22. The highest BCUT2D eigenvalue weighted by Gasteiger charge is 2.33. The molecule has 0 saturated carbocycles. The van der Waals surface area contributed by atoms with Crippen LogP contribution in [0.3, 0.4) is 0 Å². The molecule has 1 N–H and O–H groups in total. The van der Waals surface area contributed by atoms with Gasteiger partial charge in [-0.25, -0.2) is 4.99 Å². The third kappa shape index (κ3) is 3.30. The van der Waals surface area contributed by atoms with E-state index in [1.165, 1.54) is 43.9 Å². The summed E-state index contributed by atoms with van der Waals surface area (Å²) in [6.07, 6.45) is 0. The maximum Gasteiger partial charge on any atom is 0.135 e. The van der Waals surface area contributed by atoms with E-state index in [2.05, 4.69) is 93.7 Å². The van der Waals surface area contributed by atoms with Gasteiger partial charge in [-0.2, -0.15) is 0 Å². The van der Waals surface area contributed by atoms with Crippen LogP contribution in [-0.2, 0) is 5.54 Å². The topological polar surface area (TPSA) is 24.4 Å². The number of aryl methyl sites for hydroxylation is 2. The van der Waals surface area contributed by atoms with Gasteiger partial charge < -0.3 is 5.32 Å². The van der Waals surface area contributed by atoms with Gasteiger partial charge >= 0.3 is 0 Å². The van der Waals surface area contributed by atoms with Gasteiger partial charge in [0.25, 0.3) is 0 Å². The summed E-state index contributed by atoms with van der Waals surface area (Å²) in [4.78, 5) is 6.43. The third-order valence-corrected chi connectivity index (χ3v) is 8.41. The number of fused-ring (bicyclic) bond motifs is 3. The van der Waals surface area contributed by atoms with Gasteiger partial charge in [0.15, 0.2) is 0 Å². The average molecular weight is 429 g/mol. The molecule has 1 aromatic heterocycles. The SMILES string of the molecule is Cc1cc2c(cc1C)-c1c(ssc1=Nc1ccc(-c3ccccc3)cc1)C(C)(C)N2. The molecule has 0 radical (unpaired) electrons. The van der Waals surface area contributed by atoms with Gasteiger partial charge in [0, 0.05) is 16.8 Å². The van der Waals surface area contributed by atoms with Crippen LogP contribution in [0.15, 0.2) is 71.7 Å². The van der Waals surface area contributed by atoms with Gasteiger partial charge in [0.2, 0.25) is 0 Å². The van der Waals surface area contributed by atoms with E-state index in [-0.39, 0.29) is 5.54 Å². The van der Waals surface area contributed by atoms with Crippen LogP contribution < -0.4 is 9.99 Å². The number of rotatable bonds is 2. The third-order valence-electron chi connectivity index (χ3n) is 5.77. The van der Waals surface area contributed by atoms with Crippen molar-refractivity contribution in [1.29, 1.82) is 0 Å². The molecule has 0 atom stereocenters. The van der Waals surface area contributed by atoms with E-state index >= 15 is 0 Å². The van der Waals surface area contributed by atoms with Crippen molar-refractivity contribution in [3.8, 4) is 22.3 Å². The zero-order valence-corrected chi connectivity index (χ0v) is 19.2. The number of anilines is 1. The monoisotopic (exact) mass is 428 g/mol. The van der Waals surface area contributed by atoms with Crippen molar-refractivity contribution in [2.24, 2.45) is 4.99 Å². The first-order chi connectivity index (χ1) is 14.4. The summed E-state index contributed by atoms with van der Waals surface area (Å²) in [5.41, 5.74) is 9.73. The number of hydrogen-bond acceptors (Lipinski definition) is 4. The van der Waals surface area contributed by atoms with Gasteiger partial charge in [-0.3, -0.25) is 0 Å². The number of hydrogen-bond donors (Lipinski definition) is 1. The molecule has 4 aromatic rings. The average Bonchev–Trinajstić information content (AvgIpc) is 3.16. The van der Waals surface area contributed by atoms with Crippen molar-refractivity contribution in [3.63, 3.8) is 0 Å². The summed E-state index contributed by atoms with van der Waals surface area (Å²) in [7, 11) is 3.61. The van der Waals surface area contributed by atoms with E-state index in [0.29, 0.717) is 0 Å². The minimum Gasteiger partial charge on any atom is -0.375 e. The van der Waals surface area contributed by atoms with Gasteiger partial charge in [-0.1, -0.05) is 63.1 Å². The lowest BCUT2D eigenvalue weighted by Gasteiger charge is -2.33. The predicted molar refractivity (Wildman–Crippen MR) is 131 cm³/mol. The molecule has 0 unspecified atom stereocenters. The lowest BCUT2D eigenvalue weighted by molar-refractivity contribution is 0.619. The number of benzene rings is 3. The largest absolute Gasteiger partial charge is 0.375 e. The molecular weight excluding hydrogens is 404 g/mol. The van der Waals surface area contributed by atoms with Crippen LogP contribution in [-0.4, -0.2) is 0 Å². The van der Waals surface area contributed by atoms with Crippen molar-refractivity contribution < 1.29 is 0 Å². The van der Waals surface area contributed by atoms with E-state index in [1.54, 1.807) is 10.3 Å². The van der Waals surface area contributed by atoms with Gasteiger partial charge in [0.05, 0.1) is 16.1 Å². The molecule has 150 valence electrons. The molecule has 2 nitrogen and oxygen atoms in total. The molecule has 0 fully saturated rings. The highest BCUT2D eigenvalue weighted by molar-refractivity contribution is 7.68. The molecule has 0 saturated heterocycles. The van der Waals surface area contributed by atoms with Crippen molar-refractivity contribution in [3.05, 3.63) is 87.4 Å². The van der Waals surface area contributed by atoms with E-state index in [1.807, 2.05) is 16.4 Å². The van der Waals surface area contributed by atoms with Gasteiger partial charge in [-0.15, -0.1) is 0 Å². The van der Waals surface area contributed by atoms with Crippen LogP contribution in [0.5, 0.6) is 0 Å². The Bertz CT molecular complexity index is 1290. The Morgan fingerprint density at radius 2 is 1.47 bits per heavy atom. The second-order valence-corrected chi connectivity index (χ2v) is 10.6. The van der Waals surface area contributed by atoms with E-state index < -0.39 is 0 Å². The molecule has 30 heavy (non-hydrogen) atoms. The van der Waals surface area contributed by atoms with Crippen LogP contribution in [0.1, 0.15) is 29.9 Å². The van der Waals surface area contributed by atoms with E-state index in [4.69, 9.17) is 4.99 Å². The van der Waals surface area contributed by atoms with Gasteiger partial charge in [-0.05, 0) is 74.2 Å². The normalized spacial score (nSPS) is 14.7. The Labute approximate surface area is 185 Å². The molecule has 0 amide bonds. The molecule has 1 aliphatic rings. The smallest absolute Gasteiger partial charge is 0.135 e. The standard InChI is InChI=1S/C26H24N2S2/c1-16-14-21-22(15-17(16)2)28-26(3,4)24-23(21)25(30-29-24)27-20-12-10-19(11-13-20)18-8-6-5-7-9-18/h5-15,28H,1-4H3. The molecule has 0 spiro atoms. The summed E-state index contributed by atoms with van der Waals surface area (Å²) in [6, 6.07) is 23.6. The molecule has 0 bridgehead atoms. The van der Waals surface area contributed by atoms with Gasteiger partial charge in [0.1, 0.15) is 4.67 Å². The first-order valence-corrected chi connectivity index (χ1v) is 12.3. The highest BCUT2D eigenvalue weighted by atomic mass is 32.9. The zero-order valence-electron chi connectivity index (χ0n) is 17.6. The Morgan fingerprint density at radius 1 is 0.800 bits per heavy atom. The van der Waals surface area contributed by atoms with Crippen LogP contribution in [0, 0.1) is 13.8 Å². The number of nitrogens with one attached hydrogen (secondary N) is 1. The minimum atomic E-state index is -0.101. The fourth-order valence-electron chi connectivity index (χ4n) is 3.99. The van der Waals surface area contributed by atoms with Crippen LogP contribution in [0.25, 0.3) is 22.3 Å². The minimum absolute atomic E-state index is 0.101. The lowest BCUT2D eigenvalue weighted by Crippen LogP contribution is -2.31. The summed E-state index contributed by atoms with van der Waals surface area (Å²) < 4.78 is 1.10. The van der Waals surface area contributed by atoms with Crippen LogP contribution in [0.2, 0.25) is 0 Å². The maximum atomic E-state index is 5.07. The molecule has 1 aliphatic heterocycles. The van der Waals surface area contributed by atoms with Crippen molar-refractivity contribution in [2.75, 3.05) is 5.32 Å². The van der Waals surface area contributed by atoms with Crippen molar-refractivity contribution in [2.45, 2.75) is 33.2 Å². The lowest BCUT2D eigenvalue weighted by atomic mass is 9.88. The fraction of sp³-hybridized carbons (Fsp3) is 0.192. The quantitative estimate of drug-likeness (QED) is 0.326. The zero-order chi connectivity index (χ0) is 20.9. The summed E-state index contributed by atoms with van der Waals surface area (Å²) in [5.74, 6) is 0. The Balaban J connectivity index is 1.63. The summed E-state index contributed by atoms with van der Waals surface area (Å²) in [6.45, 7) is 8.87. The first kappa shape index (κ1) is 19.3. The molecule has 5 rings (SSSR count). The van der Waals surface area contributed by atoms with E-state index in [9.17, 15) is 0 Å². The summed E-state index contributed by atoms with van der Waals surface area (Å²) >= 11 is 0. The highest BCUT2D eigenvalue weighted by Crippen LogP contribution is 2.46. The molecule has 4 heteroatoms. The maximum absolute atomic E-state index is 5.07. The van der Waals surface area contributed by atoms with Crippen molar-refractivity contribution in [1.82, 2.24) is 0 Å². The molecule has 3 aromatic carbocycles. The second-order valence-electron chi connectivity index (χ2n) is 8.43. The summed E-state index contributed by atoms with van der Waals surface area (Å²) in [5, 5.41) is 3.74. The molecule has 2 heterocycles. The van der Waals surface area contributed by atoms with E-state index in [0.717, 1.165) is 10.4 Å². The fourth-order valence-corrected chi connectivity index (χ4v) is 6.92. The molecule has 0 aliphatic carbocycles. The van der Waals surface area contributed by atoms with Crippen LogP contribution in [0.4, 0.5) is 11.4 Å². The first-order valence-electron chi connectivity index (χ1n) is 10.2. The predicted octanol–water partition coefficient (Wildman–Crippen LogP) is 7.65. The Hall–Kier alpha value is -2.69. The Morgan fingerprint density at radius 3 is 2.20 bits per heavy atom. The molecular formula is C26H24N2S2. The van der Waals surface area contributed by atoms with Crippen LogP contribution >= 0.6 is 20.7 Å². The Kier molecular flexibility index (Phi) is 4.64. The number of nitrogens with zero attached hydrogens (tertiary/aromatic N) is 1.